The van der Waals surface area contributed by atoms with Gasteiger partial charge in [0.25, 0.3) is 0 Å². The molecule has 1 aromatic carbocycles. The third-order valence-electron chi connectivity index (χ3n) is 2.40. The number of nitrogens with one attached hydrogen (secondary N) is 1. The molecule has 0 aliphatic carbocycles. The van der Waals surface area contributed by atoms with Gasteiger partial charge in [-0.1, -0.05) is 6.07 Å². The van der Waals surface area contributed by atoms with E-state index in [1.807, 2.05) is 25.1 Å². The van der Waals surface area contributed by atoms with Gasteiger partial charge in [-0.3, -0.25) is 0 Å². The molecule has 0 amide bonds. The summed E-state index contributed by atoms with van der Waals surface area (Å²) in [5, 5.41) is 11.6. The van der Waals surface area contributed by atoms with Gasteiger partial charge in [0, 0.05) is 0 Å². The first kappa shape index (κ1) is 11.5. The number of aryl methyl sites for hydroxylation is 2. The van der Waals surface area contributed by atoms with Gasteiger partial charge >= 0.3 is 0 Å². The number of nitriles is 1. The Morgan fingerprint density at radius 1 is 1.40 bits per heavy atom. The highest BCUT2D eigenvalue weighted by Gasteiger charge is 2.04. The number of likely N-dealkylation sites (N-methyl/N-ethyl adjacent to an activating group) is 1. The van der Waals surface area contributed by atoms with Gasteiger partial charge in [0.1, 0.15) is 18.4 Å². The molecule has 1 unspecified atom stereocenters. The van der Waals surface area contributed by atoms with Crippen molar-refractivity contribution in [1.82, 2.24) is 5.32 Å². The second-order valence-electron chi connectivity index (χ2n) is 3.53. The van der Waals surface area contributed by atoms with Crippen LogP contribution in [0.2, 0.25) is 0 Å². The smallest absolute Gasteiger partial charge is 0.129 e. The molecular formula is C12H16N2O. The fourth-order valence-corrected chi connectivity index (χ4v) is 1.17. The molecule has 0 aliphatic rings. The molecule has 3 nitrogen and oxygen atoms in total. The lowest BCUT2D eigenvalue weighted by molar-refractivity contribution is 0.294. The second-order valence-corrected chi connectivity index (χ2v) is 3.53. The molecule has 1 rings (SSSR count). The van der Waals surface area contributed by atoms with Crippen molar-refractivity contribution >= 4 is 0 Å². The monoisotopic (exact) mass is 204 g/mol. The molecule has 15 heavy (non-hydrogen) atoms. The van der Waals surface area contributed by atoms with E-state index in [1.54, 1.807) is 7.05 Å². The number of rotatable bonds is 4. The molecule has 0 heterocycles. The van der Waals surface area contributed by atoms with Crippen LogP contribution in [0.3, 0.4) is 0 Å². The maximum Gasteiger partial charge on any atom is 0.129 e. The molecule has 0 aromatic heterocycles. The third-order valence-corrected chi connectivity index (χ3v) is 2.40. The Balaban J connectivity index is 2.59. The molecule has 0 saturated heterocycles. The van der Waals surface area contributed by atoms with Gasteiger partial charge in [0.05, 0.1) is 6.07 Å². The van der Waals surface area contributed by atoms with Crippen molar-refractivity contribution in [2.45, 2.75) is 19.9 Å². The largest absolute Gasteiger partial charge is 0.491 e. The van der Waals surface area contributed by atoms with E-state index in [0.29, 0.717) is 6.61 Å². The van der Waals surface area contributed by atoms with E-state index in [9.17, 15) is 0 Å². The Morgan fingerprint density at radius 3 is 2.67 bits per heavy atom. The molecule has 1 N–H and O–H groups in total. The first-order valence-corrected chi connectivity index (χ1v) is 4.94. The maximum atomic E-state index is 8.71. The van der Waals surface area contributed by atoms with Gasteiger partial charge in [-0.05, 0) is 44.2 Å². The highest BCUT2D eigenvalue weighted by atomic mass is 16.5. The fourth-order valence-electron chi connectivity index (χ4n) is 1.17. The van der Waals surface area contributed by atoms with Crippen LogP contribution in [0.15, 0.2) is 18.2 Å². The van der Waals surface area contributed by atoms with Crippen molar-refractivity contribution in [3.05, 3.63) is 29.3 Å². The second kappa shape index (κ2) is 5.38. The number of ether oxygens (including phenoxy) is 1. The quantitative estimate of drug-likeness (QED) is 0.813. The normalized spacial score (nSPS) is 11.9. The molecule has 1 atom stereocenters. The van der Waals surface area contributed by atoms with Crippen LogP contribution in [0.25, 0.3) is 0 Å². The summed E-state index contributed by atoms with van der Waals surface area (Å²) < 4.78 is 5.50. The zero-order chi connectivity index (χ0) is 11.3. The van der Waals surface area contributed by atoms with Crippen LogP contribution in [0.1, 0.15) is 11.1 Å². The zero-order valence-electron chi connectivity index (χ0n) is 9.37. The Morgan fingerprint density at radius 2 is 2.13 bits per heavy atom. The molecule has 0 fully saturated rings. The minimum atomic E-state index is -0.258. The first-order chi connectivity index (χ1) is 7.17. The van der Waals surface area contributed by atoms with Gasteiger partial charge in [0.2, 0.25) is 0 Å². The van der Waals surface area contributed by atoms with Crippen molar-refractivity contribution in [1.29, 1.82) is 5.26 Å². The first-order valence-electron chi connectivity index (χ1n) is 4.94. The molecule has 0 aliphatic heterocycles. The Labute approximate surface area is 90.7 Å². The molecule has 0 radical (unpaired) electrons. The van der Waals surface area contributed by atoms with Gasteiger partial charge < -0.3 is 10.1 Å². The SMILES string of the molecule is CNC(C#N)COc1ccc(C)c(C)c1. The number of hydrogen-bond donors (Lipinski definition) is 1. The molecular weight excluding hydrogens is 188 g/mol. The van der Waals surface area contributed by atoms with Crippen LogP contribution < -0.4 is 10.1 Å². The minimum Gasteiger partial charge on any atom is -0.491 e. The van der Waals surface area contributed by atoms with E-state index in [4.69, 9.17) is 10.00 Å². The number of nitrogens with zero attached hydrogens (tertiary/aromatic N) is 1. The lowest BCUT2D eigenvalue weighted by Gasteiger charge is -2.11. The van der Waals surface area contributed by atoms with Gasteiger partial charge in [0.15, 0.2) is 0 Å². The summed E-state index contributed by atoms with van der Waals surface area (Å²) in [6, 6.07) is 7.78. The summed E-state index contributed by atoms with van der Waals surface area (Å²) in [5.74, 6) is 0.814. The van der Waals surface area contributed by atoms with Gasteiger partial charge in [-0.15, -0.1) is 0 Å². The molecule has 80 valence electrons. The highest BCUT2D eigenvalue weighted by molar-refractivity contribution is 5.33. The van der Waals surface area contributed by atoms with E-state index in [2.05, 4.69) is 18.3 Å². The summed E-state index contributed by atoms with van der Waals surface area (Å²) in [5.41, 5.74) is 2.44. The van der Waals surface area contributed by atoms with Crippen LogP contribution in [0.4, 0.5) is 0 Å². The molecule has 0 saturated carbocycles. The average molecular weight is 204 g/mol. The zero-order valence-corrected chi connectivity index (χ0v) is 9.37. The van der Waals surface area contributed by atoms with Crippen molar-refractivity contribution in [2.24, 2.45) is 0 Å². The number of hydrogen-bond acceptors (Lipinski definition) is 3. The lowest BCUT2D eigenvalue weighted by atomic mass is 10.1. The average Bonchev–Trinajstić information content (AvgIpc) is 2.24. The molecule has 1 aromatic rings. The van der Waals surface area contributed by atoms with Gasteiger partial charge in [-0.25, -0.2) is 0 Å². The Hall–Kier alpha value is -1.53. The topological polar surface area (TPSA) is 45.0 Å². The third kappa shape index (κ3) is 3.26. The minimum absolute atomic E-state index is 0.258. The van der Waals surface area contributed by atoms with Crippen LogP contribution in [0.5, 0.6) is 5.75 Å². The van der Waals surface area contributed by atoms with Crippen LogP contribution in [-0.2, 0) is 0 Å². The van der Waals surface area contributed by atoms with E-state index >= 15 is 0 Å². The van der Waals surface area contributed by atoms with E-state index in [1.165, 1.54) is 11.1 Å². The summed E-state index contributed by atoms with van der Waals surface area (Å²) in [7, 11) is 1.75. The predicted molar refractivity (Wildman–Crippen MR) is 59.9 cm³/mol. The van der Waals surface area contributed by atoms with Gasteiger partial charge in [-0.2, -0.15) is 5.26 Å². The standard InChI is InChI=1S/C12H16N2O/c1-9-4-5-12(6-10(9)2)15-8-11(7-13)14-3/h4-6,11,14H,8H2,1-3H3. The molecule has 3 heteroatoms. The Kier molecular flexibility index (Phi) is 4.14. The summed E-state index contributed by atoms with van der Waals surface area (Å²) in [6.07, 6.45) is 0. The van der Waals surface area contributed by atoms with Crippen LogP contribution in [0, 0.1) is 25.2 Å². The van der Waals surface area contributed by atoms with Crippen LogP contribution in [-0.4, -0.2) is 19.7 Å². The van der Waals surface area contributed by atoms with Crippen molar-refractivity contribution < 1.29 is 4.74 Å². The van der Waals surface area contributed by atoms with E-state index in [0.717, 1.165) is 5.75 Å². The van der Waals surface area contributed by atoms with Crippen molar-refractivity contribution in [2.75, 3.05) is 13.7 Å². The maximum absolute atomic E-state index is 8.71. The van der Waals surface area contributed by atoms with Crippen LogP contribution >= 0.6 is 0 Å². The molecule has 0 spiro atoms. The lowest BCUT2D eigenvalue weighted by Crippen LogP contribution is -2.29. The van der Waals surface area contributed by atoms with E-state index < -0.39 is 0 Å². The van der Waals surface area contributed by atoms with E-state index in [-0.39, 0.29) is 6.04 Å². The fraction of sp³-hybridized carbons (Fsp3) is 0.417. The molecule has 0 bridgehead atoms. The Bertz CT molecular complexity index is 368. The van der Waals surface area contributed by atoms with Crippen molar-refractivity contribution in [3.8, 4) is 11.8 Å². The number of benzene rings is 1. The van der Waals surface area contributed by atoms with Crippen molar-refractivity contribution in [3.63, 3.8) is 0 Å². The summed E-state index contributed by atoms with van der Waals surface area (Å²) in [4.78, 5) is 0. The highest BCUT2D eigenvalue weighted by Crippen LogP contribution is 2.16. The predicted octanol–water partition coefficient (Wildman–Crippen LogP) is 1.79. The summed E-state index contributed by atoms with van der Waals surface area (Å²) >= 11 is 0. The summed E-state index contributed by atoms with van der Waals surface area (Å²) in [6.45, 7) is 4.47.